The van der Waals surface area contributed by atoms with Crippen LogP contribution in [0.25, 0.3) is 10.8 Å². The first-order valence-corrected chi connectivity index (χ1v) is 7.23. The van der Waals surface area contributed by atoms with Gasteiger partial charge in [-0.1, -0.05) is 25.9 Å². The molecule has 2 aromatic heterocycles. The van der Waals surface area contributed by atoms with Gasteiger partial charge in [-0.2, -0.15) is 10.2 Å². The van der Waals surface area contributed by atoms with E-state index in [0.29, 0.717) is 23.2 Å². The van der Waals surface area contributed by atoms with Gasteiger partial charge in [0.25, 0.3) is 5.89 Å². The van der Waals surface area contributed by atoms with Crippen LogP contribution in [0.3, 0.4) is 0 Å². The maximum atomic E-state index is 8.84. The Balaban J connectivity index is 2.29. The van der Waals surface area contributed by atoms with E-state index in [2.05, 4.69) is 37.0 Å². The number of nitrogens with zero attached hydrogens (tertiary/aromatic N) is 3. The Morgan fingerprint density at radius 1 is 1.45 bits per heavy atom. The van der Waals surface area contributed by atoms with E-state index in [4.69, 9.17) is 14.5 Å². The molecule has 0 aromatic carbocycles. The third kappa shape index (κ3) is 3.06. The minimum Gasteiger partial charge on any atom is -0.370 e. The Labute approximate surface area is 122 Å². The molecule has 0 N–H and O–H groups in total. The molecule has 0 spiro atoms. The average Bonchev–Trinajstić information content (AvgIpc) is 3.02. The van der Waals surface area contributed by atoms with Gasteiger partial charge in [0, 0.05) is 6.61 Å². The Bertz CT molecular complexity index is 619. The maximum absolute atomic E-state index is 8.84. The van der Waals surface area contributed by atoms with E-state index < -0.39 is 0 Å². The Kier molecular flexibility index (Phi) is 4.21. The van der Waals surface area contributed by atoms with E-state index in [0.717, 1.165) is 4.88 Å². The average molecular weight is 291 g/mol. The largest absolute Gasteiger partial charge is 0.370 e. The lowest BCUT2D eigenvalue weighted by molar-refractivity contribution is -0.0203. The molecule has 1 atom stereocenters. The van der Waals surface area contributed by atoms with Gasteiger partial charge in [-0.3, -0.25) is 0 Å². The summed E-state index contributed by atoms with van der Waals surface area (Å²) in [6, 6.07) is 5.65. The van der Waals surface area contributed by atoms with Gasteiger partial charge in [0.2, 0.25) is 5.82 Å². The van der Waals surface area contributed by atoms with Gasteiger partial charge in [0.15, 0.2) is 0 Å². The number of hydrogen-bond acceptors (Lipinski definition) is 6. The van der Waals surface area contributed by atoms with Crippen molar-refractivity contribution in [3.05, 3.63) is 22.8 Å². The summed E-state index contributed by atoms with van der Waals surface area (Å²) in [6.07, 6.45) is -0.222. The van der Waals surface area contributed by atoms with Crippen molar-refractivity contribution in [1.29, 1.82) is 5.26 Å². The van der Waals surface area contributed by atoms with Gasteiger partial charge in [-0.15, -0.1) is 11.3 Å². The number of nitriles is 1. The Hall–Kier alpha value is -1.71. The van der Waals surface area contributed by atoms with Crippen LogP contribution in [-0.4, -0.2) is 16.7 Å². The molecule has 2 aromatic rings. The second-order valence-electron chi connectivity index (χ2n) is 5.43. The fourth-order valence-corrected chi connectivity index (χ4v) is 2.56. The molecule has 0 amide bonds. The van der Waals surface area contributed by atoms with Crippen LogP contribution in [0.15, 0.2) is 16.7 Å². The number of ether oxygens (including phenoxy) is 1. The van der Waals surface area contributed by atoms with Crippen molar-refractivity contribution in [2.45, 2.75) is 33.8 Å². The fourth-order valence-electron chi connectivity index (χ4n) is 1.83. The zero-order chi connectivity index (χ0) is 14.8. The predicted molar refractivity (Wildman–Crippen MR) is 76.1 cm³/mol. The number of thiophene rings is 1. The Morgan fingerprint density at radius 3 is 2.75 bits per heavy atom. The molecule has 0 aliphatic rings. The first-order chi connectivity index (χ1) is 9.45. The molecule has 0 aliphatic carbocycles. The summed E-state index contributed by atoms with van der Waals surface area (Å²) < 4.78 is 11.0. The second kappa shape index (κ2) is 5.73. The highest BCUT2D eigenvalue weighted by molar-refractivity contribution is 7.15. The van der Waals surface area contributed by atoms with Crippen LogP contribution >= 0.6 is 11.3 Å². The molecular formula is C14H17N3O2S. The lowest BCUT2D eigenvalue weighted by atomic mass is 9.88. The summed E-state index contributed by atoms with van der Waals surface area (Å²) in [5.41, 5.74) is -0.121. The highest BCUT2D eigenvalue weighted by Gasteiger charge is 2.31. The quantitative estimate of drug-likeness (QED) is 0.856. The van der Waals surface area contributed by atoms with E-state index in [-0.39, 0.29) is 11.5 Å². The van der Waals surface area contributed by atoms with E-state index in [1.54, 1.807) is 6.07 Å². The predicted octanol–water partition coefficient (Wildman–Crippen LogP) is 3.79. The topological polar surface area (TPSA) is 71.9 Å². The molecule has 106 valence electrons. The molecule has 6 heteroatoms. The normalized spacial score (nSPS) is 13.2. The highest BCUT2D eigenvalue weighted by Crippen LogP contribution is 2.36. The van der Waals surface area contributed by atoms with Gasteiger partial charge in [0.05, 0.1) is 4.88 Å². The van der Waals surface area contributed by atoms with E-state index in [9.17, 15) is 0 Å². The van der Waals surface area contributed by atoms with Gasteiger partial charge in [-0.25, -0.2) is 0 Å². The molecule has 5 nitrogen and oxygen atoms in total. The number of rotatable bonds is 4. The standard InChI is InChI=1S/C14H17N3O2S/c1-5-18-11(14(2,3)4)12-16-13(19-17-12)10-7-6-9(8-15)20-10/h6-7,11H,5H2,1-4H3. The van der Waals surface area contributed by atoms with Crippen molar-refractivity contribution < 1.29 is 9.26 Å². The molecule has 0 fully saturated rings. The monoisotopic (exact) mass is 291 g/mol. The molecule has 0 bridgehead atoms. The second-order valence-corrected chi connectivity index (χ2v) is 6.52. The van der Waals surface area contributed by atoms with Gasteiger partial charge < -0.3 is 9.26 Å². The van der Waals surface area contributed by atoms with Crippen LogP contribution in [0.5, 0.6) is 0 Å². The first kappa shape index (κ1) is 14.7. The van der Waals surface area contributed by atoms with Crippen molar-refractivity contribution in [1.82, 2.24) is 10.1 Å². The maximum Gasteiger partial charge on any atom is 0.268 e. The van der Waals surface area contributed by atoms with Crippen LogP contribution < -0.4 is 0 Å². The SMILES string of the molecule is CCOC(c1noc(-c2ccc(C#N)s2)n1)C(C)(C)C. The van der Waals surface area contributed by atoms with Crippen LogP contribution in [0.4, 0.5) is 0 Å². The highest BCUT2D eigenvalue weighted by atomic mass is 32.1. The van der Waals surface area contributed by atoms with Crippen LogP contribution in [0, 0.1) is 16.7 Å². The lowest BCUT2D eigenvalue weighted by Gasteiger charge is -2.27. The summed E-state index contributed by atoms with van der Waals surface area (Å²) in [7, 11) is 0. The van der Waals surface area contributed by atoms with E-state index in [1.165, 1.54) is 11.3 Å². The molecular weight excluding hydrogens is 274 g/mol. The molecule has 0 aliphatic heterocycles. The summed E-state index contributed by atoms with van der Waals surface area (Å²) in [4.78, 5) is 5.83. The summed E-state index contributed by atoms with van der Waals surface area (Å²) in [6.45, 7) is 8.74. The smallest absolute Gasteiger partial charge is 0.268 e. The molecule has 0 radical (unpaired) electrons. The zero-order valence-electron chi connectivity index (χ0n) is 12.0. The van der Waals surface area contributed by atoms with Crippen molar-refractivity contribution in [3.8, 4) is 16.8 Å². The molecule has 0 saturated heterocycles. The molecule has 2 heterocycles. The number of hydrogen-bond donors (Lipinski definition) is 0. The van der Waals surface area contributed by atoms with Gasteiger partial charge >= 0.3 is 0 Å². The van der Waals surface area contributed by atoms with Crippen molar-refractivity contribution >= 4 is 11.3 Å². The summed E-state index contributed by atoms with van der Waals surface area (Å²) in [5, 5.41) is 12.9. The lowest BCUT2D eigenvalue weighted by Crippen LogP contribution is -2.22. The molecule has 0 saturated carbocycles. The molecule has 20 heavy (non-hydrogen) atoms. The third-order valence-corrected chi connectivity index (χ3v) is 3.70. The van der Waals surface area contributed by atoms with Gasteiger partial charge in [-0.05, 0) is 24.5 Å². The Morgan fingerprint density at radius 2 is 2.20 bits per heavy atom. The zero-order valence-corrected chi connectivity index (χ0v) is 12.8. The van der Waals surface area contributed by atoms with Crippen LogP contribution in [0.1, 0.15) is 44.5 Å². The third-order valence-electron chi connectivity index (χ3n) is 2.72. The minimum absolute atomic E-state index is 0.121. The fraction of sp³-hybridized carbons (Fsp3) is 0.500. The summed E-state index contributed by atoms with van der Waals surface area (Å²) in [5.74, 6) is 0.974. The first-order valence-electron chi connectivity index (χ1n) is 6.41. The van der Waals surface area contributed by atoms with Crippen molar-refractivity contribution in [3.63, 3.8) is 0 Å². The van der Waals surface area contributed by atoms with Crippen molar-refractivity contribution in [2.75, 3.05) is 6.61 Å². The van der Waals surface area contributed by atoms with Crippen LogP contribution in [-0.2, 0) is 4.74 Å². The van der Waals surface area contributed by atoms with E-state index in [1.807, 2.05) is 13.0 Å². The minimum atomic E-state index is -0.222. The van der Waals surface area contributed by atoms with E-state index >= 15 is 0 Å². The number of aromatic nitrogens is 2. The van der Waals surface area contributed by atoms with Crippen LogP contribution in [0.2, 0.25) is 0 Å². The van der Waals surface area contributed by atoms with Crippen molar-refractivity contribution in [2.24, 2.45) is 5.41 Å². The van der Waals surface area contributed by atoms with Gasteiger partial charge in [0.1, 0.15) is 17.1 Å². The molecule has 2 rings (SSSR count). The molecule has 1 unspecified atom stereocenters. The summed E-state index contributed by atoms with van der Waals surface area (Å²) >= 11 is 1.33.